The van der Waals surface area contributed by atoms with Crippen LogP contribution in [0, 0.1) is 0 Å². The molecule has 13 rings (SSSR count). The fraction of sp³-hybridized carbons (Fsp3) is 0. The predicted octanol–water partition coefficient (Wildman–Crippen LogP) is 10.9. The van der Waals surface area contributed by atoms with Gasteiger partial charge < -0.3 is 14.1 Å². The van der Waals surface area contributed by atoms with E-state index in [2.05, 4.69) is 258 Å². The topological polar surface area (TPSA) is 17.4 Å². The van der Waals surface area contributed by atoms with E-state index < -0.39 is 8.07 Å². The molecule has 0 atom stereocenters. The highest BCUT2D eigenvalue weighted by Crippen LogP contribution is 2.46. The van der Waals surface area contributed by atoms with Crippen molar-refractivity contribution < 1.29 is 4.74 Å². The van der Waals surface area contributed by atoms with Crippen LogP contribution in [-0.4, -0.2) is 19.5 Å². The summed E-state index contributed by atoms with van der Waals surface area (Å²) in [4.78, 5) is 2.52. The third-order valence-corrected chi connectivity index (χ3v) is 18.5. The van der Waals surface area contributed by atoms with E-state index in [1.54, 1.807) is 0 Å². The van der Waals surface area contributed by atoms with Crippen molar-refractivity contribution in [2.45, 2.75) is 0 Å². The number of ether oxygens (including phenoxy) is 1. The van der Waals surface area contributed by atoms with Gasteiger partial charge in [0.1, 0.15) is 11.5 Å². The van der Waals surface area contributed by atoms with Crippen LogP contribution in [0.25, 0.3) is 49.7 Å². The maximum Gasteiger partial charge on any atom is 0.336 e. The lowest BCUT2D eigenvalue weighted by molar-refractivity contribution is 0.487. The van der Waals surface area contributed by atoms with Crippen molar-refractivity contribution in [3.63, 3.8) is 0 Å². The van der Waals surface area contributed by atoms with Gasteiger partial charge in [-0.15, -0.1) is 0 Å². The molecule has 304 valence electrons. The normalized spacial score (nSPS) is 12.7. The van der Waals surface area contributed by atoms with Crippen LogP contribution in [0.4, 0.5) is 11.4 Å². The summed E-state index contributed by atoms with van der Waals surface area (Å²) in [6.07, 6.45) is 0. The zero-order chi connectivity index (χ0) is 42.9. The first-order valence-corrected chi connectivity index (χ1v) is 24.5. The van der Waals surface area contributed by atoms with Crippen molar-refractivity contribution in [3.05, 3.63) is 249 Å². The third kappa shape index (κ3) is 5.76. The van der Waals surface area contributed by atoms with Crippen molar-refractivity contribution in [1.29, 1.82) is 0 Å². The molecule has 0 saturated heterocycles. The Balaban J connectivity index is 1.04. The Morgan fingerprint density at radius 3 is 1.57 bits per heavy atom. The van der Waals surface area contributed by atoms with Gasteiger partial charge in [-0.1, -0.05) is 194 Å². The molecule has 3 heterocycles. The van der Waals surface area contributed by atoms with Crippen molar-refractivity contribution in [3.8, 4) is 39.4 Å². The first-order chi connectivity index (χ1) is 32.3. The van der Waals surface area contributed by atoms with Gasteiger partial charge in [-0.25, -0.2) is 0 Å². The Bertz CT molecular complexity index is 3440. The molecule has 0 bridgehead atoms. The highest BCUT2D eigenvalue weighted by atomic mass is 28.3. The van der Waals surface area contributed by atoms with E-state index in [0.29, 0.717) is 0 Å². The van der Waals surface area contributed by atoms with Gasteiger partial charge >= 0.3 is 6.85 Å². The smallest absolute Gasteiger partial charge is 0.336 e. The number of nitrogens with zero attached hydrogens (tertiary/aromatic N) is 2. The lowest BCUT2D eigenvalue weighted by Crippen LogP contribution is -2.74. The second-order valence-electron chi connectivity index (χ2n) is 17.2. The zero-order valence-corrected chi connectivity index (χ0v) is 36.6. The molecule has 65 heavy (non-hydrogen) atoms. The highest BCUT2D eigenvalue weighted by Gasteiger charge is 2.45. The molecule has 5 heteroatoms. The first-order valence-electron chi connectivity index (χ1n) is 22.5. The van der Waals surface area contributed by atoms with Crippen LogP contribution in [0.15, 0.2) is 249 Å². The van der Waals surface area contributed by atoms with Gasteiger partial charge in [0.2, 0.25) is 0 Å². The molecule has 0 radical (unpaired) electrons. The zero-order valence-electron chi connectivity index (χ0n) is 35.6. The maximum absolute atomic E-state index is 7.32. The number of fused-ring (bicyclic) bond motifs is 7. The summed E-state index contributed by atoms with van der Waals surface area (Å²) in [6.45, 7) is -0.122. The van der Waals surface area contributed by atoms with E-state index >= 15 is 0 Å². The van der Waals surface area contributed by atoms with E-state index in [1.165, 1.54) is 64.8 Å². The standard InChI is InChI=1S/C60H41BN2OSi/c1-5-21-44(22-6-1)63-57-35-18-15-32-52(57)53-39-43(42-20-19-29-49(38-42)65(46-23-7-2-8-24-46,47-25-9-3-10-26-47)48-27-11-4-12-28-48)40-59-60(53)61(63)54-37-36-45(41-58(54)64-59)62-55-33-16-13-30-50(55)51-31-14-17-34-56(51)62/h1-41H. The van der Waals surface area contributed by atoms with Gasteiger partial charge in [-0.3, -0.25) is 0 Å². The number of hydrogen-bond acceptors (Lipinski definition) is 2. The minimum atomic E-state index is -2.78. The van der Waals surface area contributed by atoms with E-state index in [1.807, 2.05) is 0 Å². The van der Waals surface area contributed by atoms with Gasteiger partial charge in [0.15, 0.2) is 8.07 Å². The predicted molar refractivity (Wildman–Crippen MR) is 275 cm³/mol. The summed E-state index contributed by atoms with van der Waals surface area (Å²) < 4.78 is 9.70. The van der Waals surface area contributed by atoms with Crippen LogP contribution in [0.5, 0.6) is 11.5 Å². The summed E-state index contributed by atoms with van der Waals surface area (Å²) in [5, 5.41) is 7.87. The molecule has 11 aromatic rings. The van der Waals surface area contributed by atoms with Crippen LogP contribution in [0.2, 0.25) is 0 Å². The quantitative estimate of drug-likeness (QED) is 0.117. The van der Waals surface area contributed by atoms with E-state index in [0.717, 1.165) is 39.5 Å². The van der Waals surface area contributed by atoms with Crippen molar-refractivity contribution in [2.75, 3.05) is 4.81 Å². The van der Waals surface area contributed by atoms with Gasteiger partial charge in [0.25, 0.3) is 0 Å². The Morgan fingerprint density at radius 2 is 0.923 bits per heavy atom. The molecule has 3 nitrogen and oxygen atoms in total. The van der Waals surface area contributed by atoms with Gasteiger partial charge in [-0.05, 0) is 91.4 Å². The molecule has 0 N–H and O–H groups in total. The number of anilines is 2. The molecule has 0 unspecified atom stereocenters. The molecule has 0 fully saturated rings. The Labute approximate surface area is 380 Å². The first kappa shape index (κ1) is 37.4. The van der Waals surface area contributed by atoms with Crippen LogP contribution in [0.1, 0.15) is 0 Å². The third-order valence-electron chi connectivity index (χ3n) is 13.8. The summed E-state index contributed by atoms with van der Waals surface area (Å²) in [7, 11) is -2.78. The SMILES string of the molecule is c1ccc(N2B3c4ccc(-n5c6ccccc6c6ccccc65)cc4Oc4cc(-c5cccc([Si](c6ccccc6)(c6ccccc6)c6ccccc6)c5)cc(c43)-c3ccccc32)cc1. The molecule has 1 aromatic heterocycles. The van der Waals surface area contributed by atoms with E-state index in [-0.39, 0.29) is 6.85 Å². The van der Waals surface area contributed by atoms with E-state index in [9.17, 15) is 0 Å². The van der Waals surface area contributed by atoms with Crippen LogP contribution < -0.4 is 41.2 Å². The van der Waals surface area contributed by atoms with Crippen LogP contribution in [0.3, 0.4) is 0 Å². The maximum atomic E-state index is 7.32. The minimum absolute atomic E-state index is 0.122. The summed E-state index contributed by atoms with van der Waals surface area (Å²) in [5.41, 5.74) is 12.7. The number of benzene rings is 10. The number of aromatic nitrogens is 1. The molecule has 0 amide bonds. The Hall–Kier alpha value is -8.12. The molecule has 0 spiro atoms. The Kier molecular flexibility index (Phi) is 8.65. The molecule has 2 aliphatic rings. The Morgan fingerprint density at radius 1 is 0.369 bits per heavy atom. The number of hydrogen-bond donors (Lipinski definition) is 0. The molecule has 2 aliphatic heterocycles. The lowest BCUT2D eigenvalue weighted by Gasteiger charge is -2.42. The fourth-order valence-corrected chi connectivity index (χ4v) is 15.8. The summed E-state index contributed by atoms with van der Waals surface area (Å²) in [6, 6.07) is 91.5. The van der Waals surface area contributed by atoms with Crippen LogP contribution >= 0.6 is 0 Å². The van der Waals surface area contributed by atoms with Gasteiger partial charge in [0, 0.05) is 44.9 Å². The van der Waals surface area contributed by atoms with Crippen molar-refractivity contribution in [1.82, 2.24) is 4.57 Å². The van der Waals surface area contributed by atoms with Gasteiger partial charge in [0.05, 0.1) is 11.0 Å². The molecular formula is C60H41BN2OSi. The average Bonchev–Trinajstić information content (AvgIpc) is 3.72. The summed E-state index contributed by atoms with van der Waals surface area (Å²) >= 11 is 0. The van der Waals surface area contributed by atoms with E-state index in [4.69, 9.17) is 4.74 Å². The number of rotatable bonds is 7. The molecule has 0 aliphatic carbocycles. The summed E-state index contributed by atoms with van der Waals surface area (Å²) in [5.74, 6) is 1.75. The fourth-order valence-electron chi connectivity index (χ4n) is 11.0. The van der Waals surface area contributed by atoms with Crippen molar-refractivity contribution in [2.24, 2.45) is 0 Å². The monoisotopic (exact) mass is 844 g/mol. The average molecular weight is 845 g/mol. The molecule has 10 aromatic carbocycles. The minimum Gasteiger partial charge on any atom is -0.458 e. The highest BCUT2D eigenvalue weighted by molar-refractivity contribution is 7.20. The van der Waals surface area contributed by atoms with Gasteiger partial charge in [-0.2, -0.15) is 0 Å². The second-order valence-corrected chi connectivity index (χ2v) is 21.0. The second kappa shape index (κ2) is 15.0. The molecular weight excluding hydrogens is 804 g/mol. The van der Waals surface area contributed by atoms with Crippen LogP contribution in [-0.2, 0) is 0 Å². The lowest BCUT2D eigenvalue weighted by atomic mass is 9.44. The van der Waals surface area contributed by atoms with Crippen molar-refractivity contribution >= 4 is 79.8 Å². The largest absolute Gasteiger partial charge is 0.458 e. The molecule has 0 saturated carbocycles. The number of para-hydroxylation sites is 4.